The van der Waals surface area contributed by atoms with E-state index in [0.717, 1.165) is 29.3 Å². The van der Waals surface area contributed by atoms with Crippen LogP contribution in [0.5, 0.6) is 5.75 Å². The van der Waals surface area contributed by atoms with Crippen molar-refractivity contribution in [2.24, 2.45) is 0 Å². The number of anilines is 1. The van der Waals surface area contributed by atoms with Gasteiger partial charge in [-0.3, -0.25) is 9.59 Å². The fraction of sp³-hybridized carbons (Fsp3) is 0.391. The molecule has 3 aromatic rings. The van der Waals surface area contributed by atoms with E-state index in [4.69, 9.17) is 22.1 Å². The molecule has 174 valence electrons. The van der Waals surface area contributed by atoms with Crippen LogP contribution in [0.2, 0.25) is 4.34 Å². The van der Waals surface area contributed by atoms with Gasteiger partial charge in [-0.25, -0.2) is 9.97 Å². The van der Waals surface area contributed by atoms with Crippen LogP contribution in [0.25, 0.3) is 10.9 Å². The van der Waals surface area contributed by atoms with Gasteiger partial charge in [-0.2, -0.15) is 0 Å². The maximum absolute atomic E-state index is 13.4. The minimum absolute atomic E-state index is 0.0380. The predicted molar refractivity (Wildman–Crippen MR) is 129 cm³/mol. The van der Waals surface area contributed by atoms with E-state index < -0.39 is 6.04 Å². The van der Waals surface area contributed by atoms with Gasteiger partial charge in [-0.1, -0.05) is 37.4 Å². The highest BCUT2D eigenvalue weighted by atomic mass is 35.5. The van der Waals surface area contributed by atoms with Crippen molar-refractivity contribution in [1.82, 2.24) is 19.8 Å². The average Bonchev–Trinajstić information content (AvgIpc) is 3.23. The van der Waals surface area contributed by atoms with E-state index in [0.29, 0.717) is 42.0 Å². The quantitative estimate of drug-likeness (QED) is 0.519. The Morgan fingerprint density at radius 3 is 2.91 bits per heavy atom. The molecule has 0 bridgehead atoms. The summed E-state index contributed by atoms with van der Waals surface area (Å²) in [7, 11) is 0. The second kappa shape index (κ2) is 10.4. The molecule has 4 rings (SSSR count). The van der Waals surface area contributed by atoms with Crippen LogP contribution in [-0.4, -0.2) is 57.3 Å². The molecule has 1 aromatic carbocycles. The molecule has 10 heteroatoms. The highest BCUT2D eigenvalue weighted by Gasteiger charge is 2.37. The Bertz CT molecular complexity index is 1150. The molecule has 1 aliphatic heterocycles. The normalized spacial score (nSPS) is 16.4. The van der Waals surface area contributed by atoms with E-state index in [1.54, 1.807) is 16.3 Å². The number of ether oxygens (including phenoxy) is 1. The number of fused-ring (bicyclic) bond motifs is 1. The number of aromatic nitrogens is 2. The zero-order valence-corrected chi connectivity index (χ0v) is 19.9. The third-order valence-electron chi connectivity index (χ3n) is 5.75. The summed E-state index contributed by atoms with van der Waals surface area (Å²) < 4.78 is 6.19. The first kappa shape index (κ1) is 23.3. The van der Waals surface area contributed by atoms with Crippen LogP contribution in [0.4, 0.5) is 5.82 Å². The van der Waals surface area contributed by atoms with Crippen LogP contribution in [-0.2, 0) is 16.1 Å². The van der Waals surface area contributed by atoms with Crippen molar-refractivity contribution >= 4 is 51.5 Å². The number of unbranched alkanes of at least 4 members (excludes halogenated alkanes) is 1. The molecule has 0 aliphatic carbocycles. The molecule has 1 saturated heterocycles. The van der Waals surface area contributed by atoms with Crippen molar-refractivity contribution in [3.63, 3.8) is 0 Å². The smallest absolute Gasteiger partial charge is 0.261 e. The zero-order valence-electron chi connectivity index (χ0n) is 18.4. The largest absolute Gasteiger partial charge is 0.483 e. The van der Waals surface area contributed by atoms with Crippen molar-refractivity contribution in [1.29, 1.82) is 0 Å². The van der Waals surface area contributed by atoms with Crippen LogP contribution in [0.1, 0.15) is 31.7 Å². The summed E-state index contributed by atoms with van der Waals surface area (Å²) >= 11 is 7.27. The number of rotatable bonds is 8. The molecule has 0 saturated carbocycles. The topological polar surface area (TPSA) is 102 Å². The van der Waals surface area contributed by atoms with E-state index in [1.165, 1.54) is 17.7 Å². The predicted octanol–water partition coefficient (Wildman–Crippen LogP) is 3.74. The van der Waals surface area contributed by atoms with Gasteiger partial charge in [0.2, 0.25) is 5.91 Å². The van der Waals surface area contributed by atoms with Gasteiger partial charge in [0, 0.05) is 36.5 Å². The van der Waals surface area contributed by atoms with Crippen LogP contribution in [0, 0.1) is 0 Å². The highest BCUT2D eigenvalue weighted by Crippen LogP contribution is 2.26. The Labute approximate surface area is 201 Å². The molecule has 2 amide bonds. The van der Waals surface area contributed by atoms with E-state index in [9.17, 15) is 9.59 Å². The van der Waals surface area contributed by atoms with Crippen molar-refractivity contribution in [2.45, 2.75) is 38.8 Å². The molecule has 0 spiro atoms. The number of halogens is 1. The van der Waals surface area contributed by atoms with Gasteiger partial charge in [-0.15, -0.1) is 11.3 Å². The highest BCUT2D eigenvalue weighted by molar-refractivity contribution is 7.14. The monoisotopic (exact) mass is 487 g/mol. The first-order chi connectivity index (χ1) is 16.0. The standard InChI is InChI=1S/C23H26ClN5O3S/c1-2-3-4-19-23(31)28(11-15-5-6-17-18(9-15)26-14-27-22(17)25)7-8-29(19)21(30)12-32-16-10-20(24)33-13-16/h5-6,9-10,13-14,19H,2-4,7-8,11-12H2,1H3,(H2,25,26,27)/t19-/m0/s1. The summed E-state index contributed by atoms with van der Waals surface area (Å²) in [5.74, 6) is 0.767. The van der Waals surface area contributed by atoms with E-state index in [1.807, 2.05) is 23.1 Å². The van der Waals surface area contributed by atoms with E-state index in [-0.39, 0.29) is 18.4 Å². The summed E-state index contributed by atoms with van der Waals surface area (Å²) in [4.78, 5) is 38.1. The number of nitrogens with zero attached hydrogens (tertiary/aromatic N) is 4. The summed E-state index contributed by atoms with van der Waals surface area (Å²) in [6.07, 6.45) is 3.87. The van der Waals surface area contributed by atoms with Crippen LogP contribution < -0.4 is 10.5 Å². The summed E-state index contributed by atoms with van der Waals surface area (Å²) in [6.45, 7) is 3.34. The third kappa shape index (κ3) is 5.36. The number of piperazine rings is 1. The SMILES string of the molecule is CCCC[C@H]1C(=O)N(Cc2ccc3c(N)ncnc3c2)CCN1C(=O)COc1csc(Cl)c1. The molecule has 2 N–H and O–H groups in total. The first-order valence-corrected chi connectivity index (χ1v) is 12.2. The third-order valence-corrected chi connectivity index (χ3v) is 6.82. The fourth-order valence-corrected chi connectivity index (χ4v) is 4.80. The lowest BCUT2D eigenvalue weighted by Gasteiger charge is -2.40. The van der Waals surface area contributed by atoms with Crippen LogP contribution in [0.15, 0.2) is 36.0 Å². The molecule has 3 heterocycles. The molecule has 2 aromatic heterocycles. The molecular weight excluding hydrogens is 462 g/mol. The molecule has 0 unspecified atom stereocenters. The number of amides is 2. The van der Waals surface area contributed by atoms with Crippen molar-refractivity contribution in [3.05, 3.63) is 45.9 Å². The minimum Gasteiger partial charge on any atom is -0.483 e. The molecule has 8 nitrogen and oxygen atoms in total. The summed E-state index contributed by atoms with van der Waals surface area (Å²) in [5.41, 5.74) is 7.62. The van der Waals surface area contributed by atoms with E-state index >= 15 is 0 Å². The first-order valence-electron chi connectivity index (χ1n) is 10.9. The Kier molecular flexibility index (Phi) is 7.29. The number of hydrogen-bond donors (Lipinski definition) is 1. The van der Waals surface area contributed by atoms with E-state index in [2.05, 4.69) is 16.9 Å². The van der Waals surface area contributed by atoms with Crippen LogP contribution >= 0.6 is 22.9 Å². The lowest BCUT2D eigenvalue weighted by Crippen LogP contribution is -2.59. The van der Waals surface area contributed by atoms with Crippen molar-refractivity contribution < 1.29 is 14.3 Å². The molecule has 0 radical (unpaired) electrons. The van der Waals surface area contributed by atoms with Gasteiger partial charge in [0.05, 0.1) is 9.85 Å². The van der Waals surface area contributed by atoms with Crippen LogP contribution in [0.3, 0.4) is 0 Å². The number of carbonyl (C=O) groups is 2. The summed E-state index contributed by atoms with van der Waals surface area (Å²) in [6, 6.07) is 6.94. The second-order valence-electron chi connectivity index (χ2n) is 7.99. The Balaban J connectivity index is 1.45. The lowest BCUT2D eigenvalue weighted by atomic mass is 10.0. The van der Waals surface area contributed by atoms with Gasteiger partial charge in [0.1, 0.15) is 23.9 Å². The Hall–Kier alpha value is -2.91. The number of benzene rings is 1. The number of nitrogen functional groups attached to an aromatic ring is 1. The maximum Gasteiger partial charge on any atom is 0.261 e. The Morgan fingerprint density at radius 2 is 2.15 bits per heavy atom. The van der Waals surface area contributed by atoms with Gasteiger partial charge in [0.25, 0.3) is 5.91 Å². The number of carbonyl (C=O) groups excluding carboxylic acids is 2. The van der Waals surface area contributed by atoms with Gasteiger partial charge >= 0.3 is 0 Å². The lowest BCUT2D eigenvalue weighted by molar-refractivity contribution is -0.153. The second-order valence-corrected chi connectivity index (χ2v) is 9.53. The zero-order chi connectivity index (χ0) is 23.4. The molecular formula is C23H26ClN5O3S. The number of hydrogen-bond acceptors (Lipinski definition) is 7. The number of thiophene rings is 1. The average molecular weight is 488 g/mol. The molecule has 1 atom stereocenters. The number of nitrogens with two attached hydrogens (primary N) is 1. The fourth-order valence-electron chi connectivity index (χ4n) is 4.01. The maximum atomic E-state index is 13.4. The Morgan fingerprint density at radius 1 is 1.30 bits per heavy atom. The van der Waals surface area contributed by atoms with Gasteiger partial charge < -0.3 is 20.3 Å². The molecule has 1 fully saturated rings. The summed E-state index contributed by atoms with van der Waals surface area (Å²) in [5, 5.41) is 2.55. The van der Waals surface area contributed by atoms with Crippen molar-refractivity contribution in [3.8, 4) is 5.75 Å². The minimum atomic E-state index is -0.487. The van der Waals surface area contributed by atoms with Gasteiger partial charge in [0.15, 0.2) is 6.61 Å². The van der Waals surface area contributed by atoms with Gasteiger partial charge in [-0.05, 0) is 24.1 Å². The molecule has 33 heavy (non-hydrogen) atoms. The molecule has 1 aliphatic rings. The van der Waals surface area contributed by atoms with Crippen molar-refractivity contribution in [2.75, 3.05) is 25.4 Å².